The zero-order valence-corrected chi connectivity index (χ0v) is 10.9. The summed E-state index contributed by atoms with van der Waals surface area (Å²) in [6.45, 7) is 5.88. The molecule has 1 unspecified atom stereocenters. The topological polar surface area (TPSA) is 50.2 Å². The molecule has 5 heteroatoms. The van der Waals surface area contributed by atoms with Gasteiger partial charge in [0.05, 0.1) is 0 Å². The Morgan fingerprint density at radius 1 is 1.56 bits per heavy atom. The maximum atomic E-state index is 12.3. The van der Waals surface area contributed by atoms with Crippen LogP contribution in [0.4, 0.5) is 5.95 Å². The summed E-state index contributed by atoms with van der Waals surface area (Å²) >= 11 is 0. The van der Waals surface area contributed by atoms with E-state index in [2.05, 4.69) is 17.2 Å². The highest BCUT2D eigenvalue weighted by Gasteiger charge is 2.28. The lowest BCUT2D eigenvalue weighted by Crippen LogP contribution is -2.28. The summed E-state index contributed by atoms with van der Waals surface area (Å²) in [5, 5.41) is 3.23. The smallest absolute Gasteiger partial charge is 0.274 e. The third kappa shape index (κ3) is 1.98. The Balaban J connectivity index is 1.74. The number of hydrogen-bond acceptors (Lipinski definition) is 3. The largest absolute Gasteiger partial charge is 0.356 e. The molecule has 1 N–H and O–H groups in total. The highest BCUT2D eigenvalue weighted by Crippen LogP contribution is 2.22. The molecule has 0 aromatic carbocycles. The Morgan fingerprint density at radius 3 is 3.17 bits per heavy atom. The van der Waals surface area contributed by atoms with E-state index < -0.39 is 0 Å². The van der Waals surface area contributed by atoms with Crippen LogP contribution in [0.25, 0.3) is 0 Å². The molecule has 1 aromatic rings. The van der Waals surface area contributed by atoms with E-state index in [0.717, 1.165) is 51.4 Å². The van der Waals surface area contributed by atoms with Gasteiger partial charge in [-0.05, 0) is 18.8 Å². The summed E-state index contributed by atoms with van der Waals surface area (Å²) in [6, 6.07) is 0. The number of likely N-dealkylation sites (tertiary alicyclic amines) is 1. The van der Waals surface area contributed by atoms with Crippen molar-refractivity contribution < 1.29 is 4.79 Å². The first-order valence-electron chi connectivity index (χ1n) is 6.88. The van der Waals surface area contributed by atoms with E-state index in [1.54, 1.807) is 0 Å². The molecular weight excluding hydrogens is 228 g/mol. The quantitative estimate of drug-likeness (QED) is 0.864. The van der Waals surface area contributed by atoms with Gasteiger partial charge in [0.1, 0.15) is 5.69 Å². The van der Waals surface area contributed by atoms with Gasteiger partial charge in [0.25, 0.3) is 5.91 Å². The maximum absolute atomic E-state index is 12.3. The van der Waals surface area contributed by atoms with Crippen LogP contribution in [0.1, 0.15) is 36.7 Å². The zero-order chi connectivity index (χ0) is 12.5. The fourth-order valence-electron chi connectivity index (χ4n) is 2.79. The second-order valence-electron chi connectivity index (χ2n) is 5.24. The molecule has 3 heterocycles. The van der Waals surface area contributed by atoms with Crippen molar-refractivity contribution in [3.05, 3.63) is 11.9 Å². The molecule has 3 rings (SSSR count). The van der Waals surface area contributed by atoms with E-state index in [-0.39, 0.29) is 5.91 Å². The third-order valence-corrected chi connectivity index (χ3v) is 4.00. The standard InChI is InChI=1S/C13H20N4O/c1-2-10-4-7-16(8-10)12(18)11-9-17-6-3-5-14-13(17)15-11/h9-10H,2-8H2,1H3,(H,14,15). The van der Waals surface area contributed by atoms with E-state index in [0.29, 0.717) is 11.6 Å². The van der Waals surface area contributed by atoms with Crippen LogP contribution in [0.5, 0.6) is 0 Å². The van der Waals surface area contributed by atoms with Gasteiger partial charge in [0, 0.05) is 32.4 Å². The Hall–Kier alpha value is -1.52. The van der Waals surface area contributed by atoms with Gasteiger partial charge in [-0.15, -0.1) is 0 Å². The SMILES string of the molecule is CCC1CCN(C(=O)c2cn3c(n2)NCCC3)C1. The normalized spacial score (nSPS) is 22.7. The van der Waals surface area contributed by atoms with Crippen molar-refractivity contribution in [2.45, 2.75) is 32.7 Å². The molecule has 0 spiro atoms. The molecule has 1 amide bonds. The summed E-state index contributed by atoms with van der Waals surface area (Å²) in [6.07, 6.45) is 5.28. The molecule has 0 bridgehead atoms. The van der Waals surface area contributed by atoms with Gasteiger partial charge in [-0.3, -0.25) is 4.79 Å². The molecule has 18 heavy (non-hydrogen) atoms. The number of nitrogens with zero attached hydrogens (tertiary/aromatic N) is 3. The number of hydrogen-bond donors (Lipinski definition) is 1. The highest BCUT2D eigenvalue weighted by atomic mass is 16.2. The van der Waals surface area contributed by atoms with Gasteiger partial charge >= 0.3 is 0 Å². The number of carbonyl (C=O) groups is 1. The highest BCUT2D eigenvalue weighted by molar-refractivity contribution is 5.92. The Kier molecular flexibility index (Phi) is 2.97. The summed E-state index contributed by atoms with van der Waals surface area (Å²) in [7, 11) is 0. The lowest BCUT2D eigenvalue weighted by Gasteiger charge is -2.14. The second kappa shape index (κ2) is 4.63. The van der Waals surface area contributed by atoms with Gasteiger partial charge in [-0.1, -0.05) is 13.3 Å². The van der Waals surface area contributed by atoms with Crippen LogP contribution < -0.4 is 5.32 Å². The molecule has 5 nitrogen and oxygen atoms in total. The van der Waals surface area contributed by atoms with Crippen molar-refractivity contribution >= 4 is 11.9 Å². The molecule has 2 aliphatic heterocycles. The summed E-state index contributed by atoms with van der Waals surface area (Å²) in [4.78, 5) is 18.7. The first kappa shape index (κ1) is 11.6. The average Bonchev–Trinajstić information content (AvgIpc) is 3.04. The average molecular weight is 248 g/mol. The predicted molar refractivity (Wildman–Crippen MR) is 69.6 cm³/mol. The van der Waals surface area contributed by atoms with E-state index >= 15 is 0 Å². The molecule has 0 radical (unpaired) electrons. The van der Waals surface area contributed by atoms with Gasteiger partial charge in [0.2, 0.25) is 5.95 Å². The minimum absolute atomic E-state index is 0.0923. The number of anilines is 1. The van der Waals surface area contributed by atoms with E-state index in [1.165, 1.54) is 0 Å². The fraction of sp³-hybridized carbons (Fsp3) is 0.692. The molecule has 1 atom stereocenters. The van der Waals surface area contributed by atoms with Gasteiger partial charge < -0.3 is 14.8 Å². The van der Waals surface area contributed by atoms with E-state index in [9.17, 15) is 4.79 Å². The minimum Gasteiger partial charge on any atom is -0.356 e. The van der Waals surface area contributed by atoms with Gasteiger partial charge in [-0.2, -0.15) is 0 Å². The number of fused-ring (bicyclic) bond motifs is 1. The number of imidazole rings is 1. The van der Waals surface area contributed by atoms with Crippen molar-refractivity contribution in [2.24, 2.45) is 5.92 Å². The van der Waals surface area contributed by atoms with Crippen LogP contribution in [0.2, 0.25) is 0 Å². The van der Waals surface area contributed by atoms with Crippen molar-refractivity contribution in [3.63, 3.8) is 0 Å². The summed E-state index contributed by atoms with van der Waals surface area (Å²) < 4.78 is 2.05. The molecule has 98 valence electrons. The van der Waals surface area contributed by atoms with Gasteiger partial charge in [0.15, 0.2) is 0 Å². The third-order valence-electron chi connectivity index (χ3n) is 4.00. The second-order valence-corrected chi connectivity index (χ2v) is 5.24. The first-order valence-corrected chi connectivity index (χ1v) is 6.88. The molecule has 1 aromatic heterocycles. The Bertz CT molecular complexity index is 430. The number of aromatic nitrogens is 2. The number of amides is 1. The number of carbonyl (C=O) groups excluding carboxylic acids is 1. The molecule has 0 aliphatic carbocycles. The Morgan fingerprint density at radius 2 is 2.44 bits per heavy atom. The molecule has 0 saturated carbocycles. The molecular formula is C13H20N4O. The van der Waals surface area contributed by atoms with Crippen molar-refractivity contribution in [1.82, 2.24) is 14.5 Å². The Labute approximate surface area is 107 Å². The van der Waals surface area contributed by atoms with Crippen LogP contribution >= 0.6 is 0 Å². The lowest BCUT2D eigenvalue weighted by molar-refractivity contribution is 0.0781. The predicted octanol–water partition coefficient (Wildman–Crippen LogP) is 1.57. The van der Waals surface area contributed by atoms with E-state index in [1.807, 2.05) is 15.7 Å². The molecule has 1 fully saturated rings. The van der Waals surface area contributed by atoms with Crippen molar-refractivity contribution in [3.8, 4) is 0 Å². The first-order chi connectivity index (χ1) is 8.78. The number of rotatable bonds is 2. The summed E-state index contributed by atoms with van der Waals surface area (Å²) in [5.41, 5.74) is 0.594. The van der Waals surface area contributed by atoms with Crippen LogP contribution in [0.15, 0.2) is 6.20 Å². The summed E-state index contributed by atoms with van der Waals surface area (Å²) in [5.74, 6) is 1.61. The van der Waals surface area contributed by atoms with Crippen molar-refractivity contribution in [1.29, 1.82) is 0 Å². The lowest BCUT2D eigenvalue weighted by atomic mass is 10.1. The number of aryl methyl sites for hydroxylation is 1. The van der Waals surface area contributed by atoms with Crippen molar-refractivity contribution in [2.75, 3.05) is 25.0 Å². The van der Waals surface area contributed by atoms with Crippen LogP contribution in [0.3, 0.4) is 0 Å². The van der Waals surface area contributed by atoms with Crippen LogP contribution in [-0.4, -0.2) is 40.0 Å². The molecule has 1 saturated heterocycles. The van der Waals surface area contributed by atoms with Crippen LogP contribution in [0, 0.1) is 5.92 Å². The monoisotopic (exact) mass is 248 g/mol. The van der Waals surface area contributed by atoms with Gasteiger partial charge in [-0.25, -0.2) is 4.98 Å². The minimum atomic E-state index is 0.0923. The fourth-order valence-corrected chi connectivity index (χ4v) is 2.79. The zero-order valence-electron chi connectivity index (χ0n) is 10.9. The maximum Gasteiger partial charge on any atom is 0.274 e. The van der Waals surface area contributed by atoms with Crippen LogP contribution in [-0.2, 0) is 6.54 Å². The van der Waals surface area contributed by atoms with E-state index in [4.69, 9.17) is 0 Å². The number of nitrogens with one attached hydrogen (secondary N) is 1. The molecule has 2 aliphatic rings.